The van der Waals surface area contributed by atoms with E-state index in [2.05, 4.69) is 4.90 Å². The first-order chi connectivity index (χ1) is 9.15. The minimum atomic E-state index is -0.191. The zero-order chi connectivity index (χ0) is 13.7. The van der Waals surface area contributed by atoms with Gasteiger partial charge in [0, 0.05) is 24.7 Å². The minimum absolute atomic E-state index is 0.191. The summed E-state index contributed by atoms with van der Waals surface area (Å²) < 4.78 is 0. The van der Waals surface area contributed by atoms with E-state index in [0.717, 1.165) is 37.9 Å². The van der Waals surface area contributed by atoms with E-state index in [-0.39, 0.29) is 11.2 Å². The summed E-state index contributed by atoms with van der Waals surface area (Å²) in [6.07, 6.45) is 7.98. The van der Waals surface area contributed by atoms with Crippen molar-refractivity contribution in [2.24, 2.45) is 5.41 Å². The number of aldehydes is 1. The average molecular weight is 261 g/mol. The van der Waals surface area contributed by atoms with Crippen LogP contribution in [0.25, 0.3) is 0 Å². The lowest BCUT2D eigenvalue weighted by Crippen LogP contribution is -2.36. The second-order valence-electron chi connectivity index (χ2n) is 5.77. The van der Waals surface area contributed by atoms with Gasteiger partial charge >= 0.3 is 0 Å². The van der Waals surface area contributed by atoms with E-state index in [4.69, 9.17) is 0 Å². The number of hydrogen-bond acceptors (Lipinski definition) is 3. The standard InChI is InChI=1S/C16H23NO2/c1-17(14-6-8-15(19)9-7-14)12-16(13-18)10-4-2-3-5-11-16/h6-9,13,19H,2-5,10-12H2,1H3. The lowest BCUT2D eigenvalue weighted by Gasteiger charge is -2.32. The molecule has 19 heavy (non-hydrogen) atoms. The molecule has 0 radical (unpaired) electrons. The fraction of sp³-hybridized carbons (Fsp3) is 0.562. The molecule has 0 aliphatic heterocycles. The van der Waals surface area contributed by atoms with Gasteiger partial charge in [-0.3, -0.25) is 0 Å². The molecule has 0 saturated heterocycles. The largest absolute Gasteiger partial charge is 0.508 e. The van der Waals surface area contributed by atoms with Crippen molar-refractivity contribution in [1.29, 1.82) is 0 Å². The van der Waals surface area contributed by atoms with Gasteiger partial charge in [0.1, 0.15) is 12.0 Å². The molecular weight excluding hydrogens is 238 g/mol. The Labute approximate surface area is 115 Å². The summed E-state index contributed by atoms with van der Waals surface area (Å²) in [4.78, 5) is 13.7. The summed E-state index contributed by atoms with van der Waals surface area (Å²) in [6, 6.07) is 7.16. The molecule has 0 bridgehead atoms. The average Bonchev–Trinajstić information content (AvgIpc) is 2.65. The van der Waals surface area contributed by atoms with Crippen LogP contribution in [0.1, 0.15) is 38.5 Å². The van der Waals surface area contributed by atoms with Gasteiger partial charge in [-0.05, 0) is 37.1 Å². The van der Waals surface area contributed by atoms with Gasteiger partial charge in [0.2, 0.25) is 0 Å². The predicted octanol–water partition coefficient (Wildman–Crippen LogP) is 3.37. The van der Waals surface area contributed by atoms with E-state index in [1.54, 1.807) is 12.1 Å². The Morgan fingerprint density at radius 1 is 1.16 bits per heavy atom. The quantitative estimate of drug-likeness (QED) is 0.667. The molecule has 1 aromatic rings. The minimum Gasteiger partial charge on any atom is -0.508 e. The van der Waals surface area contributed by atoms with Gasteiger partial charge < -0.3 is 14.8 Å². The Kier molecular flexibility index (Phi) is 4.46. The highest BCUT2D eigenvalue weighted by atomic mass is 16.3. The van der Waals surface area contributed by atoms with Crippen LogP contribution in [0, 0.1) is 5.41 Å². The number of benzene rings is 1. The molecule has 1 aliphatic rings. The molecule has 104 valence electrons. The highest BCUT2D eigenvalue weighted by Crippen LogP contribution is 2.35. The van der Waals surface area contributed by atoms with Crippen LogP contribution >= 0.6 is 0 Å². The van der Waals surface area contributed by atoms with E-state index in [0.29, 0.717) is 0 Å². The molecule has 1 aliphatic carbocycles. The molecular formula is C16H23NO2. The van der Waals surface area contributed by atoms with Crippen LogP contribution in [0.2, 0.25) is 0 Å². The molecule has 1 aromatic carbocycles. The second-order valence-corrected chi connectivity index (χ2v) is 5.77. The molecule has 1 fully saturated rings. The fourth-order valence-electron chi connectivity index (χ4n) is 3.02. The van der Waals surface area contributed by atoms with E-state index in [1.807, 2.05) is 19.2 Å². The first-order valence-corrected chi connectivity index (χ1v) is 7.12. The van der Waals surface area contributed by atoms with Gasteiger partial charge in [0.05, 0.1) is 0 Å². The number of aromatic hydroxyl groups is 1. The van der Waals surface area contributed by atoms with Crippen LogP contribution < -0.4 is 4.90 Å². The van der Waals surface area contributed by atoms with Crippen molar-refractivity contribution in [3.63, 3.8) is 0 Å². The highest BCUT2D eigenvalue weighted by Gasteiger charge is 2.31. The molecule has 3 heteroatoms. The van der Waals surface area contributed by atoms with E-state index in [1.165, 1.54) is 19.1 Å². The van der Waals surface area contributed by atoms with Crippen LogP contribution in [0.15, 0.2) is 24.3 Å². The topological polar surface area (TPSA) is 40.5 Å². The number of carbonyl (C=O) groups excluding carboxylic acids is 1. The van der Waals surface area contributed by atoms with Crippen molar-refractivity contribution in [2.75, 3.05) is 18.5 Å². The summed E-state index contributed by atoms with van der Waals surface area (Å²) in [6.45, 7) is 0.765. The molecule has 0 amide bonds. The Balaban J connectivity index is 2.08. The number of rotatable bonds is 4. The summed E-state index contributed by atoms with van der Waals surface area (Å²) in [5, 5.41) is 9.32. The molecule has 2 rings (SSSR count). The molecule has 0 atom stereocenters. The van der Waals surface area contributed by atoms with Crippen LogP contribution in [-0.2, 0) is 4.79 Å². The summed E-state index contributed by atoms with van der Waals surface area (Å²) in [5.74, 6) is 0.275. The Bertz CT molecular complexity index is 405. The molecule has 1 N–H and O–H groups in total. The van der Waals surface area contributed by atoms with Crippen molar-refractivity contribution in [3.05, 3.63) is 24.3 Å². The maximum absolute atomic E-state index is 11.6. The van der Waals surface area contributed by atoms with Gasteiger partial charge in [-0.25, -0.2) is 0 Å². The molecule has 0 aromatic heterocycles. The van der Waals surface area contributed by atoms with Crippen molar-refractivity contribution < 1.29 is 9.90 Å². The lowest BCUT2D eigenvalue weighted by atomic mass is 9.81. The first-order valence-electron chi connectivity index (χ1n) is 7.12. The third-order valence-corrected chi connectivity index (χ3v) is 4.19. The normalized spacial score (nSPS) is 18.6. The van der Waals surface area contributed by atoms with Crippen molar-refractivity contribution in [2.45, 2.75) is 38.5 Å². The molecule has 1 saturated carbocycles. The monoisotopic (exact) mass is 261 g/mol. The van der Waals surface area contributed by atoms with Crippen LogP contribution in [-0.4, -0.2) is 25.0 Å². The van der Waals surface area contributed by atoms with Crippen LogP contribution in [0.4, 0.5) is 5.69 Å². The number of anilines is 1. The van der Waals surface area contributed by atoms with Gasteiger partial charge in [0.25, 0.3) is 0 Å². The Hall–Kier alpha value is -1.51. The van der Waals surface area contributed by atoms with Crippen LogP contribution in [0.5, 0.6) is 5.75 Å². The SMILES string of the molecule is CN(CC1(C=O)CCCCCC1)c1ccc(O)cc1. The number of phenolic OH excluding ortho intramolecular Hbond substituents is 1. The molecule has 0 heterocycles. The van der Waals surface area contributed by atoms with Crippen molar-refractivity contribution in [1.82, 2.24) is 0 Å². The van der Waals surface area contributed by atoms with E-state index >= 15 is 0 Å². The number of phenols is 1. The number of carbonyl (C=O) groups is 1. The first kappa shape index (κ1) is 13.9. The number of hydrogen-bond donors (Lipinski definition) is 1. The zero-order valence-corrected chi connectivity index (χ0v) is 11.6. The smallest absolute Gasteiger partial charge is 0.127 e. The van der Waals surface area contributed by atoms with Crippen molar-refractivity contribution >= 4 is 12.0 Å². The predicted molar refractivity (Wildman–Crippen MR) is 77.6 cm³/mol. The summed E-state index contributed by atoms with van der Waals surface area (Å²) >= 11 is 0. The Morgan fingerprint density at radius 2 is 1.74 bits per heavy atom. The third kappa shape index (κ3) is 3.49. The highest BCUT2D eigenvalue weighted by molar-refractivity contribution is 5.62. The molecule has 0 spiro atoms. The molecule has 0 unspecified atom stereocenters. The fourth-order valence-corrected chi connectivity index (χ4v) is 3.02. The lowest BCUT2D eigenvalue weighted by molar-refractivity contribution is -0.116. The van der Waals surface area contributed by atoms with Crippen molar-refractivity contribution in [3.8, 4) is 5.75 Å². The Morgan fingerprint density at radius 3 is 2.26 bits per heavy atom. The van der Waals surface area contributed by atoms with E-state index < -0.39 is 0 Å². The summed E-state index contributed by atoms with van der Waals surface area (Å²) in [5.41, 5.74) is 0.853. The van der Waals surface area contributed by atoms with Gasteiger partial charge in [-0.2, -0.15) is 0 Å². The van der Waals surface area contributed by atoms with Gasteiger partial charge in [0.15, 0.2) is 0 Å². The second kappa shape index (κ2) is 6.09. The van der Waals surface area contributed by atoms with E-state index in [9.17, 15) is 9.90 Å². The van der Waals surface area contributed by atoms with Gasteiger partial charge in [-0.1, -0.05) is 25.7 Å². The van der Waals surface area contributed by atoms with Crippen LogP contribution in [0.3, 0.4) is 0 Å². The van der Waals surface area contributed by atoms with Gasteiger partial charge in [-0.15, -0.1) is 0 Å². The third-order valence-electron chi connectivity index (χ3n) is 4.19. The maximum Gasteiger partial charge on any atom is 0.127 e. The number of nitrogens with zero attached hydrogens (tertiary/aromatic N) is 1. The zero-order valence-electron chi connectivity index (χ0n) is 11.6. The molecule has 3 nitrogen and oxygen atoms in total. The summed E-state index contributed by atoms with van der Waals surface area (Å²) in [7, 11) is 2.02. The maximum atomic E-state index is 11.6.